The highest BCUT2D eigenvalue weighted by Gasteiger charge is 2.28. The summed E-state index contributed by atoms with van der Waals surface area (Å²) in [4.78, 5) is 0. The van der Waals surface area contributed by atoms with Gasteiger partial charge in [-0.3, -0.25) is 0 Å². The molecule has 112 valence electrons. The molecule has 4 rings (SSSR count). The van der Waals surface area contributed by atoms with Crippen LogP contribution >= 0.6 is 22.6 Å². The van der Waals surface area contributed by atoms with Crippen LogP contribution in [0.4, 0.5) is 0 Å². The molecule has 2 aromatic carbocycles. The summed E-state index contributed by atoms with van der Waals surface area (Å²) in [6.07, 6.45) is 0. The van der Waals surface area contributed by atoms with E-state index in [9.17, 15) is 0 Å². The van der Waals surface area contributed by atoms with Crippen LogP contribution in [0.2, 0.25) is 0 Å². The molecule has 0 bridgehead atoms. The van der Waals surface area contributed by atoms with Gasteiger partial charge in [0, 0.05) is 22.3 Å². The molecule has 1 heterocycles. The highest BCUT2D eigenvalue weighted by Crippen LogP contribution is 2.39. The second-order valence-electron chi connectivity index (χ2n) is 5.95. The third kappa shape index (κ3) is 2.36. The van der Waals surface area contributed by atoms with Gasteiger partial charge in [0.1, 0.15) is 9.24 Å². The maximum Gasteiger partial charge on any atom is 0.122 e. The fourth-order valence-corrected chi connectivity index (χ4v) is 3.15. The van der Waals surface area contributed by atoms with Gasteiger partial charge in [0.25, 0.3) is 0 Å². The molecule has 0 N–H and O–H groups in total. The average molecular weight is 411 g/mol. The minimum absolute atomic E-state index is 0.187. The Morgan fingerprint density at radius 2 is 1.48 bits per heavy atom. The van der Waals surface area contributed by atoms with Gasteiger partial charge in [-0.2, -0.15) is 0 Å². The average Bonchev–Trinajstić information content (AvgIpc) is 2.96. The van der Waals surface area contributed by atoms with Crippen molar-refractivity contribution < 1.29 is 0 Å². The van der Waals surface area contributed by atoms with Crippen molar-refractivity contribution in [2.75, 3.05) is 0 Å². The van der Waals surface area contributed by atoms with Gasteiger partial charge < -0.3 is 0 Å². The summed E-state index contributed by atoms with van der Waals surface area (Å²) >= 11 is 2.39. The molecule has 1 aromatic heterocycles. The molecule has 3 nitrogen and oxygen atoms in total. The van der Waals surface area contributed by atoms with E-state index in [-0.39, 0.29) is 3.55 Å². The van der Waals surface area contributed by atoms with Crippen LogP contribution in [0.3, 0.4) is 0 Å². The number of benzene rings is 2. The zero-order chi connectivity index (χ0) is 16.0. The summed E-state index contributed by atoms with van der Waals surface area (Å²) in [7, 11) is 0. The normalized spacial score (nSPS) is 12.1. The summed E-state index contributed by atoms with van der Waals surface area (Å²) in [6.45, 7) is 4.25. The number of fused-ring (bicyclic) bond motifs is 5. The molecule has 3 aromatic rings. The molecule has 23 heavy (non-hydrogen) atoms. The van der Waals surface area contributed by atoms with E-state index in [4.69, 9.17) is 0 Å². The van der Waals surface area contributed by atoms with Crippen LogP contribution in [-0.4, -0.2) is 15.0 Å². The van der Waals surface area contributed by atoms with Gasteiger partial charge in [-0.15, -0.1) is 5.10 Å². The number of hydrogen-bond acceptors (Lipinski definition) is 2. The highest BCUT2D eigenvalue weighted by molar-refractivity contribution is 14.1. The molecule has 1 aliphatic carbocycles. The summed E-state index contributed by atoms with van der Waals surface area (Å²) in [5.74, 6) is 6.59. The smallest absolute Gasteiger partial charge is 0.122 e. The Bertz CT molecular complexity index is 968. The number of rotatable bonds is 1. The summed E-state index contributed by atoms with van der Waals surface area (Å²) < 4.78 is 1.80. The molecule has 0 saturated carbocycles. The van der Waals surface area contributed by atoms with E-state index in [1.807, 2.05) is 35.0 Å². The first-order valence-corrected chi connectivity index (χ1v) is 8.49. The first-order valence-electron chi connectivity index (χ1n) is 7.41. The fourth-order valence-electron chi connectivity index (χ4n) is 2.81. The standard InChI is InChI=1S/C19H14IN3/c1-19(2,20)23-18-16-10-6-4-8-14(16)12-11-13-7-3-5-9-15(13)17(18)21-22-23/h3-10H,1-2H3. The Kier molecular flexibility index (Phi) is 3.27. The Morgan fingerprint density at radius 3 is 2.13 bits per heavy atom. The zero-order valence-corrected chi connectivity index (χ0v) is 15.0. The SMILES string of the molecule is CC(C)(I)n1nnc2c1-c1ccccc1C#Cc1ccccc1-2. The van der Waals surface area contributed by atoms with E-state index in [1.165, 1.54) is 0 Å². The first-order chi connectivity index (χ1) is 11.1. The van der Waals surface area contributed by atoms with Crippen LogP contribution in [0.5, 0.6) is 0 Å². The Morgan fingerprint density at radius 1 is 0.913 bits per heavy atom. The Hall–Kier alpha value is -2.13. The fraction of sp³-hybridized carbons (Fsp3) is 0.158. The van der Waals surface area contributed by atoms with E-state index in [1.54, 1.807) is 0 Å². The predicted octanol–water partition coefficient (Wildman–Crippen LogP) is 4.45. The highest BCUT2D eigenvalue weighted by atomic mass is 127. The zero-order valence-electron chi connectivity index (χ0n) is 12.8. The number of nitrogens with zero attached hydrogens (tertiary/aromatic N) is 3. The molecule has 1 aliphatic rings. The van der Waals surface area contributed by atoms with Gasteiger partial charge >= 0.3 is 0 Å². The van der Waals surface area contributed by atoms with Crippen molar-refractivity contribution in [1.29, 1.82) is 0 Å². The van der Waals surface area contributed by atoms with E-state index in [2.05, 4.69) is 76.8 Å². The van der Waals surface area contributed by atoms with Crippen LogP contribution < -0.4 is 0 Å². The quantitative estimate of drug-likeness (QED) is 0.263. The van der Waals surface area contributed by atoms with Gasteiger partial charge in [0.15, 0.2) is 0 Å². The van der Waals surface area contributed by atoms with Crippen molar-refractivity contribution in [2.24, 2.45) is 0 Å². The van der Waals surface area contributed by atoms with E-state index >= 15 is 0 Å². The van der Waals surface area contributed by atoms with Crippen molar-refractivity contribution in [3.63, 3.8) is 0 Å². The minimum atomic E-state index is -0.187. The van der Waals surface area contributed by atoms with Crippen LogP contribution in [0.15, 0.2) is 48.5 Å². The van der Waals surface area contributed by atoms with Gasteiger partial charge in [0.05, 0.1) is 5.69 Å². The Labute approximate surface area is 148 Å². The Balaban J connectivity index is 2.15. The molecule has 0 amide bonds. The van der Waals surface area contributed by atoms with Crippen LogP contribution in [0, 0.1) is 11.8 Å². The van der Waals surface area contributed by atoms with Crippen molar-refractivity contribution in [2.45, 2.75) is 17.4 Å². The van der Waals surface area contributed by atoms with E-state index in [0.29, 0.717) is 0 Å². The number of aromatic nitrogens is 3. The van der Waals surface area contributed by atoms with Gasteiger partial charge in [-0.1, -0.05) is 76.0 Å². The van der Waals surface area contributed by atoms with E-state index in [0.717, 1.165) is 33.6 Å². The predicted molar refractivity (Wildman–Crippen MR) is 100 cm³/mol. The lowest BCUT2D eigenvalue weighted by Crippen LogP contribution is -2.21. The topological polar surface area (TPSA) is 30.7 Å². The van der Waals surface area contributed by atoms with Crippen molar-refractivity contribution >= 4 is 22.6 Å². The molecule has 4 heteroatoms. The molecular formula is C19H14IN3. The molecule has 0 atom stereocenters. The molecule has 0 aliphatic heterocycles. The summed E-state index contributed by atoms with van der Waals surface area (Å²) in [5.41, 5.74) is 6.04. The molecule has 0 fully saturated rings. The van der Waals surface area contributed by atoms with Crippen molar-refractivity contribution in [3.8, 4) is 34.4 Å². The van der Waals surface area contributed by atoms with Crippen molar-refractivity contribution in [1.82, 2.24) is 15.0 Å². The second kappa shape index (κ2) is 5.20. The van der Waals surface area contributed by atoms with Crippen molar-refractivity contribution in [3.05, 3.63) is 59.7 Å². The number of alkyl halides is 1. The largest absolute Gasteiger partial charge is 0.229 e. The van der Waals surface area contributed by atoms with E-state index < -0.39 is 0 Å². The summed E-state index contributed by atoms with van der Waals surface area (Å²) in [6, 6.07) is 16.3. The van der Waals surface area contributed by atoms with Crippen LogP contribution in [0.25, 0.3) is 22.5 Å². The minimum Gasteiger partial charge on any atom is -0.229 e. The molecule has 0 unspecified atom stereocenters. The third-order valence-electron chi connectivity index (χ3n) is 3.87. The molecule has 0 saturated heterocycles. The van der Waals surface area contributed by atoms with Crippen LogP contribution in [-0.2, 0) is 3.55 Å². The first kappa shape index (κ1) is 14.5. The number of halogens is 1. The molecule has 0 radical (unpaired) electrons. The maximum absolute atomic E-state index is 4.51. The molecule has 0 spiro atoms. The van der Waals surface area contributed by atoms with Gasteiger partial charge in [-0.25, -0.2) is 4.68 Å². The lowest BCUT2D eigenvalue weighted by molar-refractivity contribution is 0.494. The number of hydrogen-bond donors (Lipinski definition) is 0. The van der Waals surface area contributed by atoms with Gasteiger partial charge in [-0.05, 0) is 26.0 Å². The van der Waals surface area contributed by atoms with Crippen LogP contribution in [0.1, 0.15) is 25.0 Å². The lowest BCUT2D eigenvalue weighted by atomic mass is 9.94. The summed E-state index contributed by atoms with van der Waals surface area (Å²) in [5, 5.41) is 8.96. The lowest BCUT2D eigenvalue weighted by Gasteiger charge is -2.21. The maximum atomic E-state index is 4.51. The molecular weight excluding hydrogens is 397 g/mol. The van der Waals surface area contributed by atoms with Gasteiger partial charge in [0.2, 0.25) is 0 Å². The second-order valence-corrected chi connectivity index (χ2v) is 8.59. The monoisotopic (exact) mass is 411 g/mol. The third-order valence-corrected chi connectivity index (χ3v) is 4.33.